The molecule has 0 aromatic heterocycles. The second kappa shape index (κ2) is 6.86. The van der Waals surface area contributed by atoms with Crippen LogP contribution in [0.4, 0.5) is 4.79 Å². The second-order valence-electron chi connectivity index (χ2n) is 4.44. The fraction of sp³-hybridized carbons (Fsp3) is 0.538. The first-order chi connectivity index (χ1) is 9.03. The van der Waals surface area contributed by atoms with Crippen molar-refractivity contribution in [3.8, 4) is 12.3 Å². The summed E-state index contributed by atoms with van der Waals surface area (Å²) >= 11 is 0. The van der Waals surface area contributed by atoms with Crippen LogP contribution in [-0.4, -0.2) is 41.1 Å². The number of aliphatic hydroxyl groups is 1. The van der Waals surface area contributed by atoms with Crippen molar-refractivity contribution < 1.29 is 19.4 Å². The lowest BCUT2D eigenvalue weighted by Crippen LogP contribution is -2.38. The number of amides is 2. The summed E-state index contributed by atoms with van der Waals surface area (Å²) in [4.78, 5) is 26.2. The number of rotatable bonds is 3. The van der Waals surface area contributed by atoms with Crippen LogP contribution >= 0.6 is 0 Å². The number of urea groups is 1. The number of hydrogen-bond donors (Lipinski definition) is 1. The quantitative estimate of drug-likeness (QED) is 0.469. The lowest BCUT2D eigenvalue weighted by molar-refractivity contribution is -0.0410. The van der Waals surface area contributed by atoms with Gasteiger partial charge in [-0.1, -0.05) is 11.5 Å². The monoisotopic (exact) mass is 264 g/mol. The summed E-state index contributed by atoms with van der Waals surface area (Å²) in [6.45, 7) is 3.39. The van der Waals surface area contributed by atoms with Gasteiger partial charge in [0, 0.05) is 6.20 Å². The number of carbonyl (C=O) groups is 1. The van der Waals surface area contributed by atoms with Crippen molar-refractivity contribution in [1.82, 2.24) is 4.90 Å². The average Bonchev–Trinajstić information content (AvgIpc) is 2.79. The van der Waals surface area contributed by atoms with Gasteiger partial charge < -0.3 is 9.84 Å². The van der Waals surface area contributed by atoms with Gasteiger partial charge in [-0.05, 0) is 20.3 Å². The van der Waals surface area contributed by atoms with Gasteiger partial charge in [-0.2, -0.15) is 0 Å². The highest BCUT2D eigenvalue weighted by molar-refractivity contribution is 5.81. The molecule has 1 fully saturated rings. The smallest absolute Gasteiger partial charge is 0.360 e. The number of hydrogen-bond acceptors (Lipinski definition) is 4. The Morgan fingerprint density at radius 2 is 2.32 bits per heavy atom. The van der Waals surface area contributed by atoms with Gasteiger partial charge in [-0.25, -0.2) is 9.59 Å². The molecule has 102 valence electrons. The maximum atomic E-state index is 11.8. The predicted octanol–water partition coefficient (Wildman–Crippen LogP) is 1.02. The summed E-state index contributed by atoms with van der Waals surface area (Å²) < 4.78 is 5.52. The van der Waals surface area contributed by atoms with E-state index in [0.29, 0.717) is 6.42 Å². The summed E-state index contributed by atoms with van der Waals surface area (Å²) in [5.41, 5.74) is 0.821. The van der Waals surface area contributed by atoms with Gasteiger partial charge in [0.1, 0.15) is 0 Å². The summed E-state index contributed by atoms with van der Waals surface area (Å²) in [5.74, 6) is 2.17. The van der Waals surface area contributed by atoms with Crippen LogP contribution in [0.1, 0.15) is 20.3 Å². The number of ether oxygens (including phenoxy) is 1. The number of nitrogens with zero attached hydrogens (tertiary/aromatic N) is 2. The zero-order valence-corrected chi connectivity index (χ0v) is 10.9. The average molecular weight is 264 g/mol. The molecule has 1 rings (SSSR count). The molecule has 0 radical (unpaired) electrons. The minimum atomic E-state index is -0.792. The van der Waals surface area contributed by atoms with Crippen molar-refractivity contribution in [2.75, 3.05) is 6.61 Å². The number of allylic oxidation sites excluding steroid dienone is 1. The molecule has 0 aromatic carbocycles. The number of terminal acetylenes is 1. The Bertz CT molecular complexity index is 456. The van der Waals surface area contributed by atoms with E-state index in [1.54, 1.807) is 13.8 Å². The van der Waals surface area contributed by atoms with Crippen molar-refractivity contribution in [2.45, 2.75) is 32.6 Å². The summed E-state index contributed by atoms with van der Waals surface area (Å²) in [5, 5.41) is 9.10. The van der Waals surface area contributed by atoms with Gasteiger partial charge in [-0.15, -0.1) is 11.4 Å². The van der Waals surface area contributed by atoms with Crippen LogP contribution in [0.3, 0.4) is 0 Å². The molecule has 0 aliphatic carbocycles. The van der Waals surface area contributed by atoms with E-state index in [1.165, 1.54) is 17.2 Å². The van der Waals surface area contributed by atoms with Crippen LogP contribution in [-0.2, 0) is 9.53 Å². The molecule has 1 saturated heterocycles. The molecule has 6 heteroatoms. The van der Waals surface area contributed by atoms with Gasteiger partial charge in [0.25, 0.3) is 0 Å². The highest BCUT2D eigenvalue weighted by Gasteiger charge is 2.39. The van der Waals surface area contributed by atoms with E-state index in [0.717, 1.165) is 5.57 Å². The first kappa shape index (κ1) is 15.1. The molecule has 2 amide bonds. The molecule has 1 N–H and O–H groups in total. The predicted molar refractivity (Wildman–Crippen MR) is 67.5 cm³/mol. The van der Waals surface area contributed by atoms with Gasteiger partial charge in [-0.3, -0.25) is 4.90 Å². The van der Waals surface area contributed by atoms with Crippen molar-refractivity contribution in [3.05, 3.63) is 11.8 Å². The van der Waals surface area contributed by atoms with Crippen LogP contribution in [0.25, 0.3) is 0 Å². The van der Waals surface area contributed by atoms with Crippen LogP contribution in [0.15, 0.2) is 16.8 Å². The van der Waals surface area contributed by atoms with Crippen molar-refractivity contribution >= 4 is 12.1 Å². The Labute approximate surface area is 111 Å². The Morgan fingerprint density at radius 3 is 2.79 bits per heavy atom. The number of isocyanates is 1. The summed E-state index contributed by atoms with van der Waals surface area (Å²) in [6, 6.07) is -0.792. The maximum absolute atomic E-state index is 11.8. The highest BCUT2D eigenvalue weighted by Crippen LogP contribution is 2.29. The summed E-state index contributed by atoms with van der Waals surface area (Å²) in [7, 11) is 0. The van der Waals surface area contributed by atoms with Gasteiger partial charge in [0.2, 0.25) is 6.08 Å². The lowest BCUT2D eigenvalue weighted by Gasteiger charge is -2.25. The minimum Gasteiger partial charge on any atom is -0.394 e. The molecule has 3 atom stereocenters. The number of carbonyl (C=O) groups excluding carboxylic acids is 2. The van der Waals surface area contributed by atoms with Crippen molar-refractivity contribution in [1.29, 1.82) is 0 Å². The number of aliphatic imine (C=N–C) groups is 1. The van der Waals surface area contributed by atoms with E-state index in [4.69, 9.17) is 16.3 Å². The molecule has 0 bridgehead atoms. The normalized spacial score (nSPS) is 25.1. The van der Waals surface area contributed by atoms with E-state index in [9.17, 15) is 9.59 Å². The highest BCUT2D eigenvalue weighted by atomic mass is 16.5. The van der Waals surface area contributed by atoms with E-state index in [2.05, 4.69) is 10.9 Å². The molecular formula is C13H16N2O4. The molecule has 1 heterocycles. The molecule has 0 saturated carbocycles. The Morgan fingerprint density at radius 1 is 1.63 bits per heavy atom. The fourth-order valence-electron chi connectivity index (χ4n) is 1.89. The molecular weight excluding hydrogens is 248 g/mol. The molecule has 0 spiro atoms. The third-order valence-corrected chi connectivity index (χ3v) is 2.64. The third-order valence-electron chi connectivity index (χ3n) is 2.64. The van der Waals surface area contributed by atoms with Gasteiger partial charge in [0.15, 0.2) is 6.23 Å². The first-order valence-electron chi connectivity index (χ1n) is 5.81. The fourth-order valence-corrected chi connectivity index (χ4v) is 1.89. The standard InChI is InChI=1S/C13H16N2O4/c1-4-10-5-11(7-16)19-12(10)15(6-9(2)3)13(18)14-8-17/h1,6,10-12,16H,5,7H2,2-3H3/t10-,11-,12?/m0/s1. The van der Waals surface area contributed by atoms with Crippen LogP contribution in [0, 0.1) is 18.3 Å². The van der Waals surface area contributed by atoms with E-state index < -0.39 is 18.4 Å². The van der Waals surface area contributed by atoms with Crippen molar-refractivity contribution in [3.63, 3.8) is 0 Å². The van der Waals surface area contributed by atoms with E-state index in [1.807, 2.05) is 0 Å². The lowest BCUT2D eigenvalue weighted by atomic mass is 10.0. The van der Waals surface area contributed by atoms with Crippen LogP contribution in [0.5, 0.6) is 0 Å². The SMILES string of the molecule is C#C[C@H]1C[C@@H](CO)OC1N(C=C(C)C)C(=O)N=C=O. The second-order valence-corrected chi connectivity index (χ2v) is 4.44. The Hall–Kier alpha value is -1.93. The molecule has 1 unspecified atom stereocenters. The van der Waals surface area contributed by atoms with Crippen LogP contribution in [0.2, 0.25) is 0 Å². The zero-order chi connectivity index (χ0) is 14.4. The third kappa shape index (κ3) is 3.76. The number of aliphatic hydroxyl groups excluding tert-OH is 1. The van der Waals surface area contributed by atoms with Crippen LogP contribution < -0.4 is 0 Å². The van der Waals surface area contributed by atoms with E-state index >= 15 is 0 Å². The Kier molecular flexibility index (Phi) is 5.46. The molecule has 1 aliphatic rings. The zero-order valence-electron chi connectivity index (χ0n) is 10.9. The van der Waals surface area contributed by atoms with Gasteiger partial charge in [0.05, 0.1) is 18.6 Å². The molecule has 1 aliphatic heterocycles. The molecule has 6 nitrogen and oxygen atoms in total. The largest absolute Gasteiger partial charge is 0.394 e. The van der Waals surface area contributed by atoms with Gasteiger partial charge >= 0.3 is 6.03 Å². The topological polar surface area (TPSA) is 79.2 Å². The first-order valence-corrected chi connectivity index (χ1v) is 5.81. The molecule has 0 aromatic rings. The minimum absolute atomic E-state index is 0.178. The Balaban J connectivity index is 3.04. The van der Waals surface area contributed by atoms with Crippen molar-refractivity contribution in [2.24, 2.45) is 10.9 Å². The maximum Gasteiger partial charge on any atom is 0.360 e. The van der Waals surface area contributed by atoms with E-state index in [-0.39, 0.29) is 12.5 Å². The summed E-state index contributed by atoms with van der Waals surface area (Å²) in [6.07, 6.45) is 7.41. The molecule has 19 heavy (non-hydrogen) atoms.